The molecule has 0 spiro atoms. The van der Waals surface area contributed by atoms with Gasteiger partial charge in [0.1, 0.15) is 0 Å². The first kappa shape index (κ1) is 14.0. The van der Waals surface area contributed by atoms with E-state index in [1.165, 1.54) is 38.5 Å². The van der Waals surface area contributed by atoms with Crippen LogP contribution >= 0.6 is 0 Å². The van der Waals surface area contributed by atoms with Crippen molar-refractivity contribution in [2.24, 2.45) is 5.92 Å². The van der Waals surface area contributed by atoms with Crippen LogP contribution in [0.5, 0.6) is 0 Å². The van der Waals surface area contributed by atoms with E-state index in [1.54, 1.807) is 0 Å². The Kier molecular flexibility index (Phi) is 9.49. The summed E-state index contributed by atoms with van der Waals surface area (Å²) in [6, 6.07) is 0. The highest BCUT2D eigenvalue weighted by molar-refractivity contribution is 4.61. The largest absolute Gasteiger partial charge is 0.393 e. The molecule has 0 aromatic rings. The van der Waals surface area contributed by atoms with Crippen LogP contribution in [0.4, 0.5) is 0 Å². The maximum absolute atomic E-state index is 9.43. The van der Waals surface area contributed by atoms with Crippen LogP contribution in [0.2, 0.25) is 0 Å². The lowest BCUT2D eigenvalue weighted by molar-refractivity contribution is 0.153. The predicted molar refractivity (Wildman–Crippen MR) is 63.5 cm³/mol. The highest BCUT2D eigenvalue weighted by Gasteiger charge is 2.07. The van der Waals surface area contributed by atoms with Gasteiger partial charge in [0.25, 0.3) is 0 Å². The minimum atomic E-state index is -0.0566. The normalized spacial score (nSPS) is 13.5. The molecule has 0 amide bonds. The fourth-order valence-corrected chi connectivity index (χ4v) is 2.10. The standard InChI is InChI=1S/C13H28O/c1-4-8-12(9-5-2)10-7-11-13(14)6-3/h12-14H,4-11H2,1-3H3. The predicted octanol–water partition coefficient (Wildman–Crippen LogP) is 4.14. The van der Waals surface area contributed by atoms with Crippen LogP contribution in [0.15, 0.2) is 0 Å². The molecule has 0 heterocycles. The van der Waals surface area contributed by atoms with E-state index in [1.807, 2.05) is 0 Å². The van der Waals surface area contributed by atoms with Crippen molar-refractivity contribution in [3.05, 3.63) is 0 Å². The molecule has 1 heteroatoms. The molecule has 86 valence electrons. The van der Waals surface area contributed by atoms with Gasteiger partial charge in [-0.15, -0.1) is 0 Å². The zero-order valence-electron chi connectivity index (χ0n) is 10.3. The van der Waals surface area contributed by atoms with E-state index in [2.05, 4.69) is 20.8 Å². The maximum atomic E-state index is 9.43. The Morgan fingerprint density at radius 1 is 0.857 bits per heavy atom. The average molecular weight is 200 g/mol. The van der Waals surface area contributed by atoms with Gasteiger partial charge in [-0.05, 0) is 18.8 Å². The van der Waals surface area contributed by atoms with Crippen molar-refractivity contribution >= 4 is 0 Å². The van der Waals surface area contributed by atoms with Gasteiger partial charge < -0.3 is 5.11 Å². The lowest BCUT2D eigenvalue weighted by Gasteiger charge is -2.15. The van der Waals surface area contributed by atoms with Crippen molar-refractivity contribution in [3.8, 4) is 0 Å². The molecule has 0 aliphatic heterocycles. The third-order valence-electron chi connectivity index (χ3n) is 3.01. The molecule has 0 fully saturated rings. The van der Waals surface area contributed by atoms with Gasteiger partial charge in [0.2, 0.25) is 0 Å². The van der Waals surface area contributed by atoms with E-state index in [-0.39, 0.29) is 6.10 Å². The number of hydrogen-bond donors (Lipinski definition) is 1. The minimum Gasteiger partial charge on any atom is -0.393 e. The molecule has 0 rings (SSSR count). The van der Waals surface area contributed by atoms with Crippen LogP contribution < -0.4 is 0 Å². The molecule has 0 saturated carbocycles. The zero-order valence-corrected chi connectivity index (χ0v) is 10.3. The summed E-state index contributed by atoms with van der Waals surface area (Å²) in [6.45, 7) is 6.59. The molecular weight excluding hydrogens is 172 g/mol. The molecule has 1 N–H and O–H groups in total. The first-order chi connectivity index (χ1) is 6.74. The van der Waals surface area contributed by atoms with Crippen molar-refractivity contribution in [2.75, 3.05) is 0 Å². The van der Waals surface area contributed by atoms with E-state index < -0.39 is 0 Å². The Morgan fingerprint density at radius 2 is 1.43 bits per heavy atom. The molecule has 0 saturated heterocycles. The zero-order chi connectivity index (χ0) is 10.8. The molecule has 0 aromatic carbocycles. The summed E-state index contributed by atoms with van der Waals surface area (Å²) in [5.41, 5.74) is 0. The molecule has 14 heavy (non-hydrogen) atoms. The Bertz CT molecular complexity index is 106. The smallest absolute Gasteiger partial charge is 0.0537 e. The molecule has 0 aromatic heterocycles. The van der Waals surface area contributed by atoms with Crippen LogP contribution in [0.3, 0.4) is 0 Å². The van der Waals surface area contributed by atoms with Crippen LogP contribution in [0, 0.1) is 5.92 Å². The molecule has 1 atom stereocenters. The van der Waals surface area contributed by atoms with Gasteiger partial charge in [0, 0.05) is 0 Å². The van der Waals surface area contributed by atoms with Crippen molar-refractivity contribution in [2.45, 2.75) is 78.2 Å². The summed E-state index contributed by atoms with van der Waals surface area (Å²) in [4.78, 5) is 0. The van der Waals surface area contributed by atoms with Gasteiger partial charge in [0.15, 0.2) is 0 Å². The highest BCUT2D eigenvalue weighted by atomic mass is 16.3. The van der Waals surface area contributed by atoms with Crippen molar-refractivity contribution in [1.82, 2.24) is 0 Å². The number of rotatable bonds is 9. The van der Waals surface area contributed by atoms with Gasteiger partial charge in [-0.3, -0.25) is 0 Å². The molecule has 1 unspecified atom stereocenters. The molecule has 0 bridgehead atoms. The van der Waals surface area contributed by atoms with Gasteiger partial charge >= 0.3 is 0 Å². The summed E-state index contributed by atoms with van der Waals surface area (Å²) in [7, 11) is 0. The second-order valence-corrected chi connectivity index (χ2v) is 4.44. The van der Waals surface area contributed by atoms with Crippen molar-refractivity contribution in [1.29, 1.82) is 0 Å². The van der Waals surface area contributed by atoms with E-state index >= 15 is 0 Å². The summed E-state index contributed by atoms with van der Waals surface area (Å²) < 4.78 is 0. The van der Waals surface area contributed by atoms with Crippen molar-refractivity contribution < 1.29 is 5.11 Å². The fourth-order valence-electron chi connectivity index (χ4n) is 2.10. The van der Waals surface area contributed by atoms with Gasteiger partial charge in [-0.2, -0.15) is 0 Å². The second-order valence-electron chi connectivity index (χ2n) is 4.44. The molecule has 0 radical (unpaired) electrons. The Morgan fingerprint density at radius 3 is 1.86 bits per heavy atom. The van der Waals surface area contributed by atoms with Gasteiger partial charge in [-0.1, -0.05) is 59.3 Å². The van der Waals surface area contributed by atoms with Crippen LogP contribution in [0.1, 0.15) is 72.1 Å². The second kappa shape index (κ2) is 9.51. The van der Waals surface area contributed by atoms with Crippen LogP contribution in [-0.2, 0) is 0 Å². The SMILES string of the molecule is CCCC(CCC)CCCC(O)CC. The Labute approximate surface area is 89.9 Å². The van der Waals surface area contributed by atoms with Crippen molar-refractivity contribution in [3.63, 3.8) is 0 Å². The van der Waals surface area contributed by atoms with Crippen LogP contribution in [-0.4, -0.2) is 11.2 Å². The average Bonchev–Trinajstić information content (AvgIpc) is 2.18. The third kappa shape index (κ3) is 7.37. The first-order valence-corrected chi connectivity index (χ1v) is 6.42. The lowest BCUT2D eigenvalue weighted by Crippen LogP contribution is -2.06. The van der Waals surface area contributed by atoms with Gasteiger partial charge in [-0.25, -0.2) is 0 Å². The molecule has 0 aliphatic carbocycles. The summed E-state index contributed by atoms with van der Waals surface area (Å²) >= 11 is 0. The van der Waals surface area contributed by atoms with E-state index in [9.17, 15) is 5.11 Å². The summed E-state index contributed by atoms with van der Waals surface area (Å²) in [6.07, 6.45) is 9.73. The summed E-state index contributed by atoms with van der Waals surface area (Å²) in [5, 5.41) is 9.43. The Balaban J connectivity index is 3.49. The Hall–Kier alpha value is -0.0400. The first-order valence-electron chi connectivity index (χ1n) is 6.42. The lowest BCUT2D eigenvalue weighted by atomic mass is 9.92. The molecular formula is C13H28O. The highest BCUT2D eigenvalue weighted by Crippen LogP contribution is 2.20. The molecule has 1 nitrogen and oxygen atoms in total. The van der Waals surface area contributed by atoms with E-state index in [4.69, 9.17) is 0 Å². The van der Waals surface area contributed by atoms with Gasteiger partial charge in [0.05, 0.1) is 6.10 Å². The number of aliphatic hydroxyl groups is 1. The minimum absolute atomic E-state index is 0.0566. The van der Waals surface area contributed by atoms with E-state index in [0.717, 1.165) is 18.8 Å². The quantitative estimate of drug-likeness (QED) is 0.593. The van der Waals surface area contributed by atoms with Crippen LogP contribution in [0.25, 0.3) is 0 Å². The third-order valence-corrected chi connectivity index (χ3v) is 3.01. The summed E-state index contributed by atoms with van der Waals surface area (Å²) in [5.74, 6) is 0.911. The number of hydrogen-bond acceptors (Lipinski definition) is 1. The fraction of sp³-hybridized carbons (Fsp3) is 1.00. The topological polar surface area (TPSA) is 20.2 Å². The number of aliphatic hydroxyl groups excluding tert-OH is 1. The maximum Gasteiger partial charge on any atom is 0.0537 e. The molecule has 0 aliphatic rings. The monoisotopic (exact) mass is 200 g/mol. The van der Waals surface area contributed by atoms with E-state index in [0.29, 0.717) is 0 Å².